The fraction of sp³-hybridized carbons (Fsp3) is 0.318. The summed E-state index contributed by atoms with van der Waals surface area (Å²) in [6.07, 6.45) is 1.50. The van der Waals surface area contributed by atoms with Crippen LogP contribution in [0.3, 0.4) is 0 Å². The van der Waals surface area contributed by atoms with E-state index in [9.17, 15) is 27.6 Å². The van der Waals surface area contributed by atoms with Gasteiger partial charge in [0.25, 0.3) is 17.7 Å². The molecule has 2 aliphatic rings. The molecule has 2 aromatic carbocycles. The maximum absolute atomic E-state index is 13.9. The van der Waals surface area contributed by atoms with Crippen molar-refractivity contribution in [3.8, 4) is 11.1 Å². The second-order valence-corrected chi connectivity index (χ2v) is 7.99. The number of rotatable bonds is 6. The topological polar surface area (TPSA) is 87.3 Å². The Morgan fingerprint density at radius 2 is 1.84 bits per heavy atom. The number of hydrogen-bond donors (Lipinski definition) is 3. The predicted molar refractivity (Wildman–Crippen MR) is 106 cm³/mol. The molecular formula is C22H20F3N3O3. The first-order valence-electron chi connectivity index (χ1n) is 9.80. The van der Waals surface area contributed by atoms with Gasteiger partial charge in [-0.1, -0.05) is 24.3 Å². The van der Waals surface area contributed by atoms with Crippen molar-refractivity contribution in [1.29, 1.82) is 0 Å². The fourth-order valence-electron chi connectivity index (χ4n) is 3.85. The molecule has 0 bridgehead atoms. The standard InChI is InChI=1S/C22H20F3N3O3/c1-21(24,25)13-4-2-12(3-5-13)17-10-15(23)8-9-16(17)18(29)26-11-22(14-6-7-14)19(30)27-20(31)28-22/h2-5,8-10,14H,6-7,11H2,1H3,(H,26,29)(H2,27,28,30,31)/t22-/m0/s1. The van der Waals surface area contributed by atoms with Gasteiger partial charge in [0.15, 0.2) is 0 Å². The molecule has 162 valence electrons. The quantitative estimate of drug-likeness (QED) is 0.614. The number of alkyl halides is 2. The summed E-state index contributed by atoms with van der Waals surface area (Å²) in [7, 11) is 0. The van der Waals surface area contributed by atoms with Crippen LogP contribution in [0.1, 0.15) is 35.7 Å². The molecule has 0 aromatic heterocycles. The first-order valence-corrected chi connectivity index (χ1v) is 9.80. The lowest BCUT2D eigenvalue weighted by molar-refractivity contribution is -0.124. The van der Waals surface area contributed by atoms with Gasteiger partial charge < -0.3 is 10.6 Å². The average molecular weight is 431 g/mol. The smallest absolute Gasteiger partial charge is 0.322 e. The second kappa shape index (κ2) is 7.40. The van der Waals surface area contributed by atoms with Crippen LogP contribution in [0.2, 0.25) is 0 Å². The van der Waals surface area contributed by atoms with Crippen LogP contribution in [-0.2, 0) is 10.7 Å². The van der Waals surface area contributed by atoms with E-state index in [2.05, 4.69) is 16.0 Å². The molecule has 0 spiro atoms. The summed E-state index contributed by atoms with van der Waals surface area (Å²) in [6.45, 7) is 0.655. The number of halogens is 3. The fourth-order valence-corrected chi connectivity index (χ4v) is 3.85. The van der Waals surface area contributed by atoms with Gasteiger partial charge in [-0.3, -0.25) is 14.9 Å². The van der Waals surface area contributed by atoms with E-state index in [4.69, 9.17) is 0 Å². The van der Waals surface area contributed by atoms with E-state index in [1.807, 2.05) is 0 Å². The molecule has 0 radical (unpaired) electrons. The van der Waals surface area contributed by atoms with Gasteiger partial charge in [-0.05, 0) is 48.1 Å². The van der Waals surface area contributed by atoms with Crippen LogP contribution in [0, 0.1) is 11.7 Å². The average Bonchev–Trinajstić information content (AvgIpc) is 3.51. The van der Waals surface area contributed by atoms with Gasteiger partial charge in [-0.2, -0.15) is 0 Å². The second-order valence-electron chi connectivity index (χ2n) is 7.99. The number of carbonyl (C=O) groups is 3. The molecule has 31 heavy (non-hydrogen) atoms. The van der Waals surface area contributed by atoms with Gasteiger partial charge in [0.1, 0.15) is 11.4 Å². The first kappa shape index (κ1) is 20.9. The Kier molecular flexibility index (Phi) is 4.99. The molecular weight excluding hydrogens is 411 g/mol. The van der Waals surface area contributed by atoms with Crippen LogP contribution in [0.25, 0.3) is 11.1 Å². The normalized spacial score (nSPS) is 20.9. The SMILES string of the molecule is CC(F)(F)c1ccc(-c2cc(F)ccc2C(=O)NC[C@@]2(C3CC3)NC(=O)NC2=O)cc1. The number of hydrogen-bond acceptors (Lipinski definition) is 3. The van der Waals surface area contributed by atoms with Crippen molar-refractivity contribution in [2.24, 2.45) is 5.92 Å². The lowest BCUT2D eigenvalue weighted by Crippen LogP contribution is -2.57. The Balaban J connectivity index is 1.59. The number of benzene rings is 2. The van der Waals surface area contributed by atoms with Crippen LogP contribution in [-0.4, -0.2) is 29.9 Å². The Hall–Kier alpha value is -3.36. The van der Waals surface area contributed by atoms with E-state index in [1.54, 1.807) is 0 Å². The molecule has 1 saturated carbocycles. The summed E-state index contributed by atoms with van der Waals surface area (Å²) in [6, 6.07) is 8.19. The zero-order valence-electron chi connectivity index (χ0n) is 16.6. The Morgan fingerprint density at radius 1 is 1.16 bits per heavy atom. The highest BCUT2D eigenvalue weighted by Crippen LogP contribution is 2.41. The minimum atomic E-state index is -3.02. The Labute approximate surface area is 176 Å². The molecule has 1 heterocycles. The highest BCUT2D eigenvalue weighted by Gasteiger charge is 2.56. The van der Waals surface area contributed by atoms with Crippen molar-refractivity contribution < 1.29 is 27.6 Å². The highest BCUT2D eigenvalue weighted by atomic mass is 19.3. The molecule has 2 fully saturated rings. The predicted octanol–water partition coefficient (Wildman–Crippen LogP) is 3.32. The van der Waals surface area contributed by atoms with Crippen LogP contribution in [0.4, 0.5) is 18.0 Å². The lowest BCUT2D eigenvalue weighted by atomic mass is 9.92. The molecule has 4 rings (SSSR count). The van der Waals surface area contributed by atoms with Crippen LogP contribution in [0.5, 0.6) is 0 Å². The zero-order chi connectivity index (χ0) is 22.4. The van der Waals surface area contributed by atoms with Gasteiger partial charge >= 0.3 is 6.03 Å². The Bertz CT molecular complexity index is 1060. The van der Waals surface area contributed by atoms with Crippen molar-refractivity contribution in [3.05, 3.63) is 59.4 Å². The van der Waals surface area contributed by atoms with Crippen molar-refractivity contribution in [2.45, 2.75) is 31.2 Å². The van der Waals surface area contributed by atoms with Gasteiger partial charge in [0, 0.05) is 18.1 Å². The molecule has 0 unspecified atom stereocenters. The summed E-state index contributed by atoms with van der Waals surface area (Å²) in [5, 5.41) is 7.48. The molecule has 1 atom stereocenters. The Morgan fingerprint density at radius 3 is 2.39 bits per heavy atom. The summed E-state index contributed by atoms with van der Waals surface area (Å²) >= 11 is 0. The minimum absolute atomic E-state index is 0.0739. The van der Waals surface area contributed by atoms with E-state index in [1.165, 1.54) is 30.3 Å². The van der Waals surface area contributed by atoms with E-state index in [0.29, 0.717) is 5.56 Å². The molecule has 4 amide bonds. The number of nitrogens with one attached hydrogen (secondary N) is 3. The molecule has 1 aliphatic heterocycles. The maximum atomic E-state index is 13.9. The van der Waals surface area contributed by atoms with Crippen molar-refractivity contribution in [2.75, 3.05) is 6.54 Å². The van der Waals surface area contributed by atoms with Crippen molar-refractivity contribution >= 4 is 17.8 Å². The third kappa shape index (κ3) is 3.99. The molecule has 3 N–H and O–H groups in total. The van der Waals surface area contributed by atoms with Crippen molar-refractivity contribution in [1.82, 2.24) is 16.0 Å². The van der Waals surface area contributed by atoms with Crippen LogP contribution in [0.15, 0.2) is 42.5 Å². The molecule has 2 aromatic rings. The minimum Gasteiger partial charge on any atom is -0.349 e. The number of carbonyl (C=O) groups excluding carboxylic acids is 3. The zero-order valence-corrected chi connectivity index (χ0v) is 16.6. The van der Waals surface area contributed by atoms with E-state index in [0.717, 1.165) is 31.9 Å². The first-order chi connectivity index (χ1) is 14.6. The van der Waals surface area contributed by atoms with Gasteiger partial charge in [0.05, 0.1) is 6.54 Å². The summed E-state index contributed by atoms with van der Waals surface area (Å²) in [5.74, 6) is -4.75. The van der Waals surface area contributed by atoms with E-state index in [-0.39, 0.29) is 29.2 Å². The van der Waals surface area contributed by atoms with Gasteiger partial charge in [-0.15, -0.1) is 0 Å². The monoisotopic (exact) mass is 431 g/mol. The number of urea groups is 1. The highest BCUT2D eigenvalue weighted by molar-refractivity contribution is 6.08. The third-order valence-electron chi connectivity index (χ3n) is 5.70. The maximum Gasteiger partial charge on any atom is 0.322 e. The molecule has 6 nitrogen and oxygen atoms in total. The molecule has 9 heteroatoms. The van der Waals surface area contributed by atoms with Crippen LogP contribution >= 0.6 is 0 Å². The summed E-state index contributed by atoms with van der Waals surface area (Å²) < 4.78 is 40.9. The van der Waals surface area contributed by atoms with Gasteiger partial charge in [-0.25, -0.2) is 18.0 Å². The lowest BCUT2D eigenvalue weighted by Gasteiger charge is -2.26. The summed E-state index contributed by atoms with van der Waals surface area (Å²) in [4.78, 5) is 36.9. The molecule has 1 saturated heterocycles. The molecule has 1 aliphatic carbocycles. The summed E-state index contributed by atoms with van der Waals surface area (Å²) in [5.41, 5.74) is -0.673. The number of imide groups is 1. The van der Waals surface area contributed by atoms with E-state index < -0.39 is 35.1 Å². The van der Waals surface area contributed by atoms with Gasteiger partial charge in [0.2, 0.25) is 0 Å². The third-order valence-corrected chi connectivity index (χ3v) is 5.70. The number of amides is 4. The van der Waals surface area contributed by atoms with E-state index >= 15 is 0 Å². The largest absolute Gasteiger partial charge is 0.349 e. The van der Waals surface area contributed by atoms with Crippen molar-refractivity contribution in [3.63, 3.8) is 0 Å². The van der Waals surface area contributed by atoms with Crippen LogP contribution < -0.4 is 16.0 Å².